The van der Waals surface area contributed by atoms with E-state index in [4.69, 9.17) is 0 Å². The SMILES string of the molecule is O=C1C[C@H]2CCC[C@H]1C2. The molecule has 0 saturated heterocycles. The summed E-state index contributed by atoms with van der Waals surface area (Å²) in [7, 11) is 0. The van der Waals surface area contributed by atoms with Crippen molar-refractivity contribution in [2.24, 2.45) is 11.8 Å². The van der Waals surface area contributed by atoms with Gasteiger partial charge in [-0.15, -0.1) is 0 Å². The Morgan fingerprint density at radius 2 is 2.22 bits per heavy atom. The van der Waals surface area contributed by atoms with Crippen LogP contribution in [0.5, 0.6) is 0 Å². The average Bonchev–Trinajstić information content (AvgIpc) is 2.09. The lowest BCUT2D eigenvalue weighted by molar-refractivity contribution is -0.120. The molecule has 0 aromatic heterocycles. The normalized spacial score (nSPS) is 41.6. The second-order valence-electron chi connectivity index (χ2n) is 3.40. The standard InChI is InChI=1S/C8H12O/c9-8-5-6-2-1-3-7(8)4-6/h6-7H,1-5H2/t6-,7-/m0/s1. The van der Waals surface area contributed by atoms with Gasteiger partial charge in [-0.05, 0) is 25.2 Å². The molecule has 0 aromatic carbocycles. The van der Waals surface area contributed by atoms with Crippen LogP contribution in [0.3, 0.4) is 0 Å². The maximum Gasteiger partial charge on any atom is 0.136 e. The molecular weight excluding hydrogens is 112 g/mol. The fourth-order valence-electron chi connectivity index (χ4n) is 2.22. The van der Waals surface area contributed by atoms with Crippen molar-refractivity contribution in [1.29, 1.82) is 0 Å². The number of hydrogen-bond acceptors (Lipinski definition) is 1. The maximum absolute atomic E-state index is 11.1. The second kappa shape index (κ2) is 1.83. The molecule has 0 N–H and O–H groups in total. The summed E-state index contributed by atoms with van der Waals surface area (Å²) in [6, 6.07) is 0. The summed E-state index contributed by atoms with van der Waals surface area (Å²) in [6.45, 7) is 0. The van der Waals surface area contributed by atoms with Crippen LogP contribution in [0.2, 0.25) is 0 Å². The molecule has 0 amide bonds. The summed E-state index contributed by atoms with van der Waals surface area (Å²) in [5, 5.41) is 0. The van der Waals surface area contributed by atoms with Gasteiger partial charge in [0.2, 0.25) is 0 Å². The number of fused-ring (bicyclic) bond motifs is 2. The van der Waals surface area contributed by atoms with Gasteiger partial charge in [-0.3, -0.25) is 4.79 Å². The zero-order chi connectivity index (χ0) is 6.27. The Hall–Kier alpha value is -0.330. The Morgan fingerprint density at radius 3 is 2.89 bits per heavy atom. The first kappa shape index (κ1) is 5.45. The molecule has 1 heteroatoms. The number of carbonyl (C=O) groups is 1. The van der Waals surface area contributed by atoms with Crippen LogP contribution >= 0.6 is 0 Å². The first-order valence-electron chi connectivity index (χ1n) is 3.89. The zero-order valence-electron chi connectivity index (χ0n) is 5.60. The maximum atomic E-state index is 11.1. The Morgan fingerprint density at radius 1 is 1.33 bits per heavy atom. The molecule has 2 rings (SSSR count). The predicted octanol–water partition coefficient (Wildman–Crippen LogP) is 1.77. The summed E-state index contributed by atoms with van der Waals surface area (Å²) in [5.41, 5.74) is 0. The van der Waals surface area contributed by atoms with E-state index >= 15 is 0 Å². The predicted molar refractivity (Wildman–Crippen MR) is 35.1 cm³/mol. The van der Waals surface area contributed by atoms with Crippen LogP contribution in [0, 0.1) is 11.8 Å². The number of Topliss-reactive ketones (excluding diaryl/α,β-unsaturated/α-hetero) is 1. The van der Waals surface area contributed by atoms with Crippen molar-refractivity contribution in [1.82, 2.24) is 0 Å². The zero-order valence-corrected chi connectivity index (χ0v) is 5.60. The number of ketones is 1. The molecular formula is C8H12O. The minimum Gasteiger partial charge on any atom is -0.299 e. The van der Waals surface area contributed by atoms with E-state index in [9.17, 15) is 4.79 Å². The fourth-order valence-corrected chi connectivity index (χ4v) is 2.22. The molecule has 50 valence electrons. The van der Waals surface area contributed by atoms with Crippen molar-refractivity contribution < 1.29 is 4.79 Å². The fraction of sp³-hybridized carbons (Fsp3) is 0.875. The van der Waals surface area contributed by atoms with E-state index in [1.807, 2.05) is 0 Å². The lowest BCUT2D eigenvalue weighted by Gasteiger charge is -2.15. The smallest absolute Gasteiger partial charge is 0.136 e. The summed E-state index contributed by atoms with van der Waals surface area (Å²) in [5.74, 6) is 1.83. The Balaban J connectivity index is 2.15. The van der Waals surface area contributed by atoms with Crippen molar-refractivity contribution in [3.05, 3.63) is 0 Å². The third-order valence-corrected chi connectivity index (χ3v) is 2.73. The van der Waals surface area contributed by atoms with Crippen molar-refractivity contribution in [2.75, 3.05) is 0 Å². The van der Waals surface area contributed by atoms with Crippen molar-refractivity contribution in [2.45, 2.75) is 32.1 Å². The van der Waals surface area contributed by atoms with Gasteiger partial charge in [-0.1, -0.05) is 6.42 Å². The topological polar surface area (TPSA) is 17.1 Å². The van der Waals surface area contributed by atoms with Gasteiger partial charge in [0.25, 0.3) is 0 Å². The number of hydrogen-bond donors (Lipinski definition) is 0. The molecule has 2 aliphatic carbocycles. The Labute approximate surface area is 55.4 Å². The summed E-state index contributed by atoms with van der Waals surface area (Å²) in [4.78, 5) is 11.1. The van der Waals surface area contributed by atoms with E-state index in [0.29, 0.717) is 11.7 Å². The van der Waals surface area contributed by atoms with E-state index in [-0.39, 0.29) is 0 Å². The van der Waals surface area contributed by atoms with Crippen molar-refractivity contribution >= 4 is 5.78 Å². The van der Waals surface area contributed by atoms with Gasteiger partial charge in [0, 0.05) is 12.3 Å². The third-order valence-electron chi connectivity index (χ3n) is 2.73. The quantitative estimate of drug-likeness (QED) is 0.481. The van der Waals surface area contributed by atoms with Crippen molar-refractivity contribution in [3.8, 4) is 0 Å². The summed E-state index contributed by atoms with van der Waals surface area (Å²) >= 11 is 0. The van der Waals surface area contributed by atoms with Crippen molar-refractivity contribution in [3.63, 3.8) is 0 Å². The molecule has 9 heavy (non-hydrogen) atoms. The largest absolute Gasteiger partial charge is 0.299 e. The van der Waals surface area contributed by atoms with Crippen LogP contribution in [-0.4, -0.2) is 5.78 Å². The molecule has 0 heterocycles. The third kappa shape index (κ3) is 0.790. The first-order chi connectivity index (χ1) is 4.36. The summed E-state index contributed by atoms with van der Waals surface area (Å²) in [6.07, 6.45) is 5.95. The molecule has 0 unspecified atom stereocenters. The molecule has 2 bridgehead atoms. The second-order valence-corrected chi connectivity index (χ2v) is 3.40. The minimum absolute atomic E-state index is 0.490. The van der Waals surface area contributed by atoms with Gasteiger partial charge in [0.15, 0.2) is 0 Å². The first-order valence-corrected chi connectivity index (χ1v) is 3.89. The molecule has 0 radical (unpaired) electrons. The van der Waals surface area contributed by atoms with Crippen LogP contribution in [-0.2, 0) is 4.79 Å². The lowest BCUT2D eigenvalue weighted by atomic mass is 9.89. The van der Waals surface area contributed by atoms with Gasteiger partial charge in [-0.25, -0.2) is 0 Å². The Bertz CT molecular complexity index is 140. The molecule has 1 nitrogen and oxygen atoms in total. The van der Waals surface area contributed by atoms with Gasteiger partial charge in [0.05, 0.1) is 0 Å². The van der Waals surface area contributed by atoms with E-state index in [0.717, 1.165) is 12.3 Å². The van der Waals surface area contributed by atoms with E-state index < -0.39 is 0 Å². The van der Waals surface area contributed by atoms with Crippen LogP contribution in [0.4, 0.5) is 0 Å². The van der Waals surface area contributed by atoms with Gasteiger partial charge in [0.1, 0.15) is 5.78 Å². The molecule has 2 atom stereocenters. The molecule has 0 spiro atoms. The number of rotatable bonds is 0. The van der Waals surface area contributed by atoms with E-state index in [1.165, 1.54) is 25.7 Å². The summed E-state index contributed by atoms with van der Waals surface area (Å²) < 4.78 is 0. The molecule has 2 aliphatic rings. The molecule has 0 aromatic rings. The number of carbonyl (C=O) groups excluding carboxylic acids is 1. The highest BCUT2D eigenvalue weighted by Crippen LogP contribution is 2.39. The monoisotopic (exact) mass is 124 g/mol. The van der Waals surface area contributed by atoms with Gasteiger partial charge in [-0.2, -0.15) is 0 Å². The van der Waals surface area contributed by atoms with Crippen LogP contribution < -0.4 is 0 Å². The van der Waals surface area contributed by atoms with Crippen LogP contribution in [0.15, 0.2) is 0 Å². The molecule has 2 fully saturated rings. The average molecular weight is 124 g/mol. The van der Waals surface area contributed by atoms with Gasteiger partial charge >= 0.3 is 0 Å². The molecule has 0 aliphatic heterocycles. The molecule has 2 saturated carbocycles. The van der Waals surface area contributed by atoms with E-state index in [1.54, 1.807) is 0 Å². The lowest BCUT2D eigenvalue weighted by Crippen LogP contribution is -2.07. The van der Waals surface area contributed by atoms with Crippen LogP contribution in [0.25, 0.3) is 0 Å². The minimum atomic E-state index is 0.490. The highest BCUT2D eigenvalue weighted by Gasteiger charge is 2.34. The van der Waals surface area contributed by atoms with Crippen LogP contribution in [0.1, 0.15) is 32.1 Å². The Kier molecular flexibility index (Phi) is 1.11. The highest BCUT2D eigenvalue weighted by atomic mass is 16.1. The van der Waals surface area contributed by atoms with Gasteiger partial charge < -0.3 is 0 Å². The van der Waals surface area contributed by atoms with E-state index in [2.05, 4.69) is 0 Å². The highest BCUT2D eigenvalue weighted by molar-refractivity contribution is 5.83.